The van der Waals surface area contributed by atoms with E-state index in [0.717, 1.165) is 28.6 Å². The zero-order valence-corrected chi connectivity index (χ0v) is 12.0. The summed E-state index contributed by atoms with van der Waals surface area (Å²) in [5.41, 5.74) is 3.10. The zero-order chi connectivity index (χ0) is 14.0. The van der Waals surface area contributed by atoms with Gasteiger partial charge in [-0.1, -0.05) is 6.92 Å². The number of pyridine rings is 1. The molecule has 0 spiro atoms. The summed E-state index contributed by atoms with van der Waals surface area (Å²) >= 11 is 0. The maximum Gasteiger partial charge on any atom is 0.204 e. The highest BCUT2D eigenvalue weighted by Crippen LogP contribution is 2.43. The second-order valence-electron chi connectivity index (χ2n) is 4.32. The molecule has 1 heterocycles. The lowest BCUT2D eigenvalue weighted by molar-refractivity contribution is 0.327. The van der Waals surface area contributed by atoms with Crippen molar-refractivity contribution in [2.75, 3.05) is 21.3 Å². The van der Waals surface area contributed by atoms with Crippen molar-refractivity contribution in [1.29, 1.82) is 0 Å². The largest absolute Gasteiger partial charge is 0.493 e. The quantitative estimate of drug-likeness (QED) is 0.847. The molecule has 102 valence electrons. The maximum atomic E-state index is 5.48. The molecule has 0 aliphatic rings. The number of benzene rings is 1. The monoisotopic (exact) mass is 261 g/mol. The van der Waals surface area contributed by atoms with Gasteiger partial charge in [0.1, 0.15) is 0 Å². The Kier molecular flexibility index (Phi) is 3.79. The van der Waals surface area contributed by atoms with Crippen LogP contribution in [0, 0.1) is 6.92 Å². The highest BCUT2D eigenvalue weighted by Gasteiger charge is 2.17. The Morgan fingerprint density at radius 1 is 1.00 bits per heavy atom. The number of aromatic nitrogens is 1. The van der Waals surface area contributed by atoms with Gasteiger partial charge in [-0.15, -0.1) is 0 Å². The summed E-state index contributed by atoms with van der Waals surface area (Å²) in [6.07, 6.45) is 0.901. The van der Waals surface area contributed by atoms with Gasteiger partial charge in [0.25, 0.3) is 0 Å². The molecule has 4 nitrogen and oxygen atoms in total. The van der Waals surface area contributed by atoms with E-state index in [1.807, 2.05) is 6.07 Å². The van der Waals surface area contributed by atoms with Crippen LogP contribution in [0.25, 0.3) is 10.9 Å². The normalized spacial score (nSPS) is 10.6. The molecule has 2 rings (SSSR count). The smallest absolute Gasteiger partial charge is 0.204 e. The summed E-state index contributed by atoms with van der Waals surface area (Å²) in [6.45, 7) is 4.15. The fourth-order valence-corrected chi connectivity index (χ4v) is 2.29. The first-order valence-corrected chi connectivity index (χ1v) is 6.25. The molecule has 0 saturated carbocycles. The first-order chi connectivity index (χ1) is 9.15. The summed E-state index contributed by atoms with van der Waals surface area (Å²) in [4.78, 5) is 4.67. The SMILES string of the molecule is CCc1nc2cc(OC)c(OC)c(OC)c2cc1C. The van der Waals surface area contributed by atoms with Crippen molar-refractivity contribution in [3.05, 3.63) is 23.4 Å². The van der Waals surface area contributed by atoms with Crippen LogP contribution in [0.4, 0.5) is 0 Å². The number of ether oxygens (including phenoxy) is 3. The van der Waals surface area contributed by atoms with Crippen LogP contribution in [0.2, 0.25) is 0 Å². The lowest BCUT2D eigenvalue weighted by Crippen LogP contribution is -1.99. The van der Waals surface area contributed by atoms with Gasteiger partial charge >= 0.3 is 0 Å². The topological polar surface area (TPSA) is 40.6 Å². The number of hydrogen-bond acceptors (Lipinski definition) is 4. The second kappa shape index (κ2) is 5.34. The van der Waals surface area contributed by atoms with Gasteiger partial charge in [0.05, 0.1) is 26.8 Å². The Labute approximate surface area is 113 Å². The highest BCUT2D eigenvalue weighted by atomic mass is 16.5. The standard InChI is InChI=1S/C15H19NO3/c1-6-11-9(2)7-10-12(16-11)8-13(17-3)15(19-5)14(10)18-4/h7-8H,6H2,1-5H3. The van der Waals surface area contributed by atoms with Gasteiger partial charge in [-0.2, -0.15) is 0 Å². The van der Waals surface area contributed by atoms with Crippen LogP contribution in [0.1, 0.15) is 18.2 Å². The molecule has 0 fully saturated rings. The van der Waals surface area contributed by atoms with E-state index in [2.05, 4.69) is 24.9 Å². The minimum absolute atomic E-state index is 0.600. The molecule has 19 heavy (non-hydrogen) atoms. The zero-order valence-electron chi connectivity index (χ0n) is 12.0. The first kappa shape index (κ1) is 13.5. The lowest BCUT2D eigenvalue weighted by Gasteiger charge is -2.15. The first-order valence-electron chi connectivity index (χ1n) is 6.25. The Morgan fingerprint density at radius 2 is 1.68 bits per heavy atom. The van der Waals surface area contributed by atoms with Crippen LogP contribution < -0.4 is 14.2 Å². The van der Waals surface area contributed by atoms with Crippen molar-refractivity contribution >= 4 is 10.9 Å². The van der Waals surface area contributed by atoms with Crippen LogP contribution in [0.15, 0.2) is 12.1 Å². The second-order valence-corrected chi connectivity index (χ2v) is 4.32. The molecule has 0 unspecified atom stereocenters. The molecule has 0 bridgehead atoms. The Bertz CT molecular complexity index is 608. The molecular formula is C15H19NO3. The van der Waals surface area contributed by atoms with Crippen LogP contribution in [-0.2, 0) is 6.42 Å². The van der Waals surface area contributed by atoms with E-state index in [0.29, 0.717) is 17.2 Å². The maximum absolute atomic E-state index is 5.48. The molecular weight excluding hydrogens is 242 g/mol. The van der Waals surface area contributed by atoms with Gasteiger partial charge in [-0.3, -0.25) is 4.98 Å². The van der Waals surface area contributed by atoms with Gasteiger partial charge in [0, 0.05) is 17.1 Å². The van der Waals surface area contributed by atoms with Crippen LogP contribution in [0.3, 0.4) is 0 Å². The minimum atomic E-state index is 0.600. The summed E-state index contributed by atoms with van der Waals surface area (Å²) in [6, 6.07) is 3.97. The molecule has 0 atom stereocenters. The summed E-state index contributed by atoms with van der Waals surface area (Å²) in [7, 11) is 4.84. The van der Waals surface area contributed by atoms with Crippen molar-refractivity contribution < 1.29 is 14.2 Å². The Hall–Kier alpha value is -1.97. The molecule has 0 aliphatic carbocycles. The fourth-order valence-electron chi connectivity index (χ4n) is 2.29. The van der Waals surface area contributed by atoms with Gasteiger partial charge in [-0.05, 0) is 25.0 Å². The van der Waals surface area contributed by atoms with Crippen molar-refractivity contribution in [2.45, 2.75) is 20.3 Å². The van der Waals surface area contributed by atoms with E-state index in [1.165, 1.54) is 0 Å². The number of fused-ring (bicyclic) bond motifs is 1. The summed E-state index contributed by atoms with van der Waals surface area (Å²) in [5, 5.41) is 0.940. The van der Waals surface area contributed by atoms with Gasteiger partial charge in [0.15, 0.2) is 11.5 Å². The Balaban J connectivity index is 2.84. The van der Waals surface area contributed by atoms with Gasteiger partial charge in [-0.25, -0.2) is 0 Å². The van der Waals surface area contributed by atoms with E-state index in [4.69, 9.17) is 14.2 Å². The van der Waals surface area contributed by atoms with E-state index >= 15 is 0 Å². The van der Waals surface area contributed by atoms with E-state index in [1.54, 1.807) is 21.3 Å². The number of hydrogen-bond donors (Lipinski definition) is 0. The average Bonchev–Trinajstić information content (AvgIpc) is 2.44. The third-order valence-corrected chi connectivity index (χ3v) is 3.25. The summed E-state index contributed by atoms with van der Waals surface area (Å²) < 4.78 is 16.2. The molecule has 4 heteroatoms. The molecule has 1 aromatic heterocycles. The van der Waals surface area contributed by atoms with Crippen molar-refractivity contribution in [3.8, 4) is 17.2 Å². The van der Waals surface area contributed by atoms with Gasteiger partial charge in [0.2, 0.25) is 5.75 Å². The van der Waals surface area contributed by atoms with Crippen LogP contribution in [-0.4, -0.2) is 26.3 Å². The molecule has 0 aliphatic heterocycles. The predicted molar refractivity (Wildman–Crippen MR) is 75.5 cm³/mol. The molecule has 0 amide bonds. The number of rotatable bonds is 4. The number of nitrogens with zero attached hydrogens (tertiary/aromatic N) is 1. The third-order valence-electron chi connectivity index (χ3n) is 3.25. The van der Waals surface area contributed by atoms with Crippen LogP contribution in [0.5, 0.6) is 17.2 Å². The summed E-state index contributed by atoms with van der Waals surface area (Å²) in [5.74, 6) is 1.89. The fraction of sp³-hybridized carbons (Fsp3) is 0.400. The number of methoxy groups -OCH3 is 3. The van der Waals surface area contributed by atoms with Crippen molar-refractivity contribution in [1.82, 2.24) is 4.98 Å². The Morgan fingerprint density at radius 3 is 2.21 bits per heavy atom. The molecule has 0 radical (unpaired) electrons. The average molecular weight is 261 g/mol. The minimum Gasteiger partial charge on any atom is -0.493 e. The van der Waals surface area contributed by atoms with Crippen molar-refractivity contribution in [3.63, 3.8) is 0 Å². The van der Waals surface area contributed by atoms with Gasteiger partial charge < -0.3 is 14.2 Å². The van der Waals surface area contributed by atoms with Crippen molar-refractivity contribution in [2.24, 2.45) is 0 Å². The molecule has 1 aromatic carbocycles. The molecule has 0 saturated heterocycles. The lowest BCUT2D eigenvalue weighted by atomic mass is 10.1. The van der Waals surface area contributed by atoms with Crippen LogP contribution >= 0.6 is 0 Å². The van der Waals surface area contributed by atoms with E-state index in [9.17, 15) is 0 Å². The van der Waals surface area contributed by atoms with E-state index in [-0.39, 0.29) is 0 Å². The van der Waals surface area contributed by atoms with E-state index < -0.39 is 0 Å². The predicted octanol–water partition coefficient (Wildman–Crippen LogP) is 3.13. The highest BCUT2D eigenvalue weighted by molar-refractivity contribution is 5.91. The molecule has 0 N–H and O–H groups in total. The number of aryl methyl sites for hydroxylation is 2. The molecule has 2 aromatic rings. The third kappa shape index (κ3) is 2.18.